The normalized spacial score (nSPS) is 10.7. The molecule has 0 saturated heterocycles. The lowest BCUT2D eigenvalue weighted by molar-refractivity contribution is 0.564. The van der Waals surface area contributed by atoms with Gasteiger partial charge in [0.2, 0.25) is 5.95 Å². The average molecular weight is 305 g/mol. The van der Waals surface area contributed by atoms with E-state index >= 15 is 0 Å². The molecule has 0 atom stereocenters. The van der Waals surface area contributed by atoms with Crippen molar-refractivity contribution in [3.05, 3.63) is 44.5 Å². The van der Waals surface area contributed by atoms with E-state index in [9.17, 15) is 9.18 Å². The number of aromatic nitrogens is 2. The Morgan fingerprint density at radius 2 is 1.89 bits per heavy atom. The van der Waals surface area contributed by atoms with Crippen molar-refractivity contribution in [1.29, 1.82) is 0 Å². The van der Waals surface area contributed by atoms with Crippen molar-refractivity contribution in [3.63, 3.8) is 0 Å². The third kappa shape index (κ3) is 2.68. The van der Waals surface area contributed by atoms with Crippen molar-refractivity contribution in [2.45, 2.75) is 5.16 Å². The molecular weight excluding hydrogens is 298 g/mol. The Hall–Kier alpha value is -1.04. The molecule has 0 fully saturated rings. The largest absolute Gasteiger partial charge is 0.301 e. The van der Waals surface area contributed by atoms with Crippen LogP contribution >= 0.6 is 35.0 Å². The van der Waals surface area contributed by atoms with Crippen molar-refractivity contribution in [2.75, 3.05) is 6.26 Å². The second kappa shape index (κ2) is 5.30. The quantitative estimate of drug-likeness (QED) is 0.524. The summed E-state index contributed by atoms with van der Waals surface area (Å²) in [5.74, 6) is -0.846. The van der Waals surface area contributed by atoms with Crippen LogP contribution in [0, 0.1) is 5.95 Å². The monoisotopic (exact) mass is 304 g/mol. The van der Waals surface area contributed by atoms with E-state index in [0.29, 0.717) is 15.6 Å². The number of thioether (sulfide) groups is 1. The van der Waals surface area contributed by atoms with Crippen LogP contribution < -0.4 is 5.56 Å². The number of aromatic amines is 1. The minimum atomic E-state index is -0.846. The van der Waals surface area contributed by atoms with Crippen molar-refractivity contribution >= 4 is 35.0 Å². The molecule has 0 aliphatic carbocycles. The molecule has 0 spiro atoms. The summed E-state index contributed by atoms with van der Waals surface area (Å²) in [4.78, 5) is 17.9. The number of nitrogens with one attached hydrogen (secondary N) is 1. The van der Waals surface area contributed by atoms with Gasteiger partial charge in [-0.05, 0) is 30.0 Å². The standard InChI is InChI=1S/C11H7Cl2FN2OS/c1-18-11-15-9(14)8(10(17)16-11)5-2-6(12)4-7(13)3-5/h2-4H,1H3,(H,15,16,17). The predicted octanol–water partition coefficient (Wildman–Crippen LogP) is 3.60. The molecule has 2 aromatic rings. The fourth-order valence-electron chi connectivity index (χ4n) is 1.47. The molecule has 1 heterocycles. The maximum atomic E-state index is 13.8. The van der Waals surface area contributed by atoms with Crippen molar-refractivity contribution in [3.8, 4) is 11.1 Å². The Labute approximate surface area is 116 Å². The third-order valence-corrected chi connectivity index (χ3v) is 3.21. The first kappa shape index (κ1) is 13.4. The minimum Gasteiger partial charge on any atom is -0.301 e. The number of rotatable bonds is 2. The summed E-state index contributed by atoms with van der Waals surface area (Å²) in [6.07, 6.45) is 1.69. The van der Waals surface area contributed by atoms with Gasteiger partial charge < -0.3 is 4.98 Å². The van der Waals surface area contributed by atoms with Crippen LogP contribution in [0.1, 0.15) is 0 Å². The van der Waals surface area contributed by atoms with E-state index in [1.165, 1.54) is 18.2 Å². The maximum absolute atomic E-state index is 13.8. The summed E-state index contributed by atoms with van der Waals surface area (Å²) in [6, 6.07) is 4.42. The predicted molar refractivity (Wildman–Crippen MR) is 72.1 cm³/mol. The number of hydrogen-bond donors (Lipinski definition) is 1. The fraction of sp³-hybridized carbons (Fsp3) is 0.0909. The van der Waals surface area contributed by atoms with Crippen LogP contribution in [-0.2, 0) is 0 Å². The fourth-order valence-corrected chi connectivity index (χ4v) is 2.36. The molecule has 7 heteroatoms. The van der Waals surface area contributed by atoms with E-state index in [0.717, 1.165) is 11.8 Å². The Kier molecular flexibility index (Phi) is 3.94. The van der Waals surface area contributed by atoms with Crippen LogP contribution in [0.4, 0.5) is 4.39 Å². The van der Waals surface area contributed by atoms with Crippen LogP contribution in [0.5, 0.6) is 0 Å². The van der Waals surface area contributed by atoms with Crippen LogP contribution in [0.2, 0.25) is 10.0 Å². The third-order valence-electron chi connectivity index (χ3n) is 2.20. The van der Waals surface area contributed by atoms with Gasteiger partial charge in [0.1, 0.15) is 5.56 Å². The summed E-state index contributed by atoms with van der Waals surface area (Å²) in [5, 5.41) is 0.866. The first-order valence-electron chi connectivity index (χ1n) is 4.81. The highest BCUT2D eigenvalue weighted by atomic mass is 35.5. The highest BCUT2D eigenvalue weighted by molar-refractivity contribution is 7.98. The summed E-state index contributed by atoms with van der Waals surface area (Å²) < 4.78 is 13.8. The second-order valence-electron chi connectivity index (χ2n) is 3.40. The van der Waals surface area contributed by atoms with Gasteiger partial charge >= 0.3 is 0 Å². The molecule has 0 bridgehead atoms. The summed E-state index contributed by atoms with van der Waals surface area (Å²) in [5.41, 5.74) is -0.436. The van der Waals surface area contributed by atoms with E-state index in [4.69, 9.17) is 23.2 Å². The van der Waals surface area contributed by atoms with Gasteiger partial charge in [0, 0.05) is 10.0 Å². The van der Waals surface area contributed by atoms with Gasteiger partial charge in [-0.15, -0.1) is 0 Å². The number of halogens is 3. The lowest BCUT2D eigenvalue weighted by Crippen LogP contribution is -2.14. The molecule has 1 aromatic heterocycles. The van der Waals surface area contributed by atoms with Crippen LogP contribution in [0.3, 0.4) is 0 Å². The Bertz CT molecular complexity index is 640. The number of hydrogen-bond acceptors (Lipinski definition) is 3. The molecule has 3 nitrogen and oxygen atoms in total. The molecule has 1 N–H and O–H groups in total. The number of H-pyrrole nitrogens is 1. The van der Waals surface area contributed by atoms with Crippen LogP contribution in [0.15, 0.2) is 28.2 Å². The van der Waals surface area contributed by atoms with Gasteiger partial charge in [-0.3, -0.25) is 4.79 Å². The highest BCUT2D eigenvalue weighted by Crippen LogP contribution is 2.26. The van der Waals surface area contributed by atoms with Gasteiger partial charge in [-0.1, -0.05) is 35.0 Å². The molecule has 0 saturated carbocycles. The summed E-state index contributed by atoms with van der Waals surface area (Å²) >= 11 is 12.8. The SMILES string of the molecule is CSc1nc(F)c(-c2cc(Cl)cc(Cl)c2)c(=O)[nH]1. The van der Waals surface area contributed by atoms with E-state index in [1.807, 2.05) is 0 Å². The Balaban J connectivity index is 2.67. The molecule has 1 aromatic carbocycles. The zero-order chi connectivity index (χ0) is 13.3. The average Bonchev–Trinajstić information content (AvgIpc) is 2.26. The Morgan fingerprint density at radius 3 is 2.39 bits per heavy atom. The highest BCUT2D eigenvalue weighted by Gasteiger charge is 2.14. The van der Waals surface area contributed by atoms with E-state index in [1.54, 1.807) is 6.26 Å². The molecule has 0 radical (unpaired) electrons. The van der Waals surface area contributed by atoms with Crippen LogP contribution in [0.25, 0.3) is 11.1 Å². The zero-order valence-corrected chi connectivity index (χ0v) is 11.5. The first-order chi connectivity index (χ1) is 8.51. The lowest BCUT2D eigenvalue weighted by Gasteiger charge is -2.05. The van der Waals surface area contributed by atoms with Crippen molar-refractivity contribution < 1.29 is 4.39 Å². The van der Waals surface area contributed by atoms with E-state index < -0.39 is 11.5 Å². The van der Waals surface area contributed by atoms with Crippen LogP contribution in [-0.4, -0.2) is 16.2 Å². The minimum absolute atomic E-state index is 0.169. The number of nitrogens with zero attached hydrogens (tertiary/aromatic N) is 1. The molecule has 94 valence electrons. The first-order valence-corrected chi connectivity index (χ1v) is 6.79. The van der Waals surface area contributed by atoms with E-state index in [2.05, 4.69) is 9.97 Å². The molecule has 0 amide bonds. The maximum Gasteiger partial charge on any atom is 0.262 e. The summed E-state index contributed by atoms with van der Waals surface area (Å²) in [6.45, 7) is 0. The second-order valence-corrected chi connectivity index (χ2v) is 5.07. The molecule has 0 aliphatic rings. The van der Waals surface area contributed by atoms with Gasteiger partial charge in [0.05, 0.1) is 0 Å². The topological polar surface area (TPSA) is 45.8 Å². The van der Waals surface area contributed by atoms with Crippen molar-refractivity contribution in [2.24, 2.45) is 0 Å². The zero-order valence-electron chi connectivity index (χ0n) is 9.13. The van der Waals surface area contributed by atoms with Gasteiger partial charge in [-0.2, -0.15) is 9.37 Å². The molecular formula is C11H7Cl2FN2OS. The molecule has 2 rings (SSSR count). The molecule has 0 unspecified atom stereocenters. The van der Waals surface area contributed by atoms with E-state index in [-0.39, 0.29) is 10.7 Å². The lowest BCUT2D eigenvalue weighted by atomic mass is 10.1. The molecule has 18 heavy (non-hydrogen) atoms. The molecule has 0 aliphatic heterocycles. The van der Waals surface area contributed by atoms with Gasteiger partial charge in [-0.25, -0.2) is 0 Å². The van der Waals surface area contributed by atoms with Gasteiger partial charge in [0.15, 0.2) is 5.16 Å². The number of benzene rings is 1. The Morgan fingerprint density at radius 1 is 1.28 bits per heavy atom. The smallest absolute Gasteiger partial charge is 0.262 e. The van der Waals surface area contributed by atoms with Gasteiger partial charge in [0.25, 0.3) is 5.56 Å². The summed E-state index contributed by atoms with van der Waals surface area (Å²) in [7, 11) is 0. The van der Waals surface area contributed by atoms with Crippen molar-refractivity contribution in [1.82, 2.24) is 9.97 Å².